The lowest BCUT2D eigenvalue weighted by molar-refractivity contribution is 1.06. The number of rotatable bonds is 6. The van der Waals surface area contributed by atoms with E-state index >= 15 is 0 Å². The van der Waals surface area contributed by atoms with Gasteiger partial charge in [-0.25, -0.2) is 0 Å². The quantitative estimate of drug-likeness (QED) is 0.626. The molecule has 0 nitrogen and oxygen atoms in total. The van der Waals surface area contributed by atoms with Crippen LogP contribution in [0.5, 0.6) is 0 Å². The molecule has 0 heterocycles. The van der Waals surface area contributed by atoms with E-state index in [4.69, 9.17) is 0 Å². The van der Waals surface area contributed by atoms with Crippen LogP contribution in [0.4, 0.5) is 0 Å². The van der Waals surface area contributed by atoms with E-state index in [-0.39, 0.29) is 7.92 Å². The summed E-state index contributed by atoms with van der Waals surface area (Å²) in [6, 6.07) is 19.8. The Morgan fingerprint density at radius 1 is 0.737 bits per heavy atom. The molecule has 2 aromatic rings. The van der Waals surface area contributed by atoms with Gasteiger partial charge >= 0.3 is 0 Å². The van der Waals surface area contributed by atoms with Crippen LogP contribution in [0.15, 0.2) is 54.6 Å². The third kappa shape index (κ3) is 3.67. The van der Waals surface area contributed by atoms with Gasteiger partial charge in [0.05, 0.1) is 0 Å². The molecule has 2 aromatic carbocycles. The zero-order chi connectivity index (χ0) is 13.5. The molecule has 0 fully saturated rings. The Bertz CT molecular complexity index is 484. The second-order valence-corrected chi connectivity index (χ2v) is 7.33. The molecule has 19 heavy (non-hydrogen) atoms. The van der Waals surface area contributed by atoms with Crippen LogP contribution in [-0.2, 0) is 0 Å². The summed E-state index contributed by atoms with van der Waals surface area (Å²) in [6.45, 7) is 4.60. The Kier molecular flexibility index (Phi) is 5.61. The fourth-order valence-corrected chi connectivity index (χ4v) is 5.13. The van der Waals surface area contributed by atoms with Crippen molar-refractivity contribution in [3.63, 3.8) is 0 Å². The molecule has 0 aromatic heterocycles. The first-order valence-electron chi connectivity index (χ1n) is 7.26. The summed E-state index contributed by atoms with van der Waals surface area (Å²) in [4.78, 5) is 0. The zero-order valence-corrected chi connectivity index (χ0v) is 12.9. The van der Waals surface area contributed by atoms with E-state index in [9.17, 15) is 0 Å². The Labute approximate surface area is 118 Å². The zero-order valence-electron chi connectivity index (χ0n) is 12.0. The molecular formula is C18H23P. The van der Waals surface area contributed by atoms with E-state index in [2.05, 4.69) is 68.4 Å². The van der Waals surface area contributed by atoms with Crippen LogP contribution in [0.1, 0.15) is 26.7 Å². The molecule has 0 N–H and O–H groups in total. The van der Waals surface area contributed by atoms with Gasteiger partial charge in [-0.05, 0) is 28.8 Å². The maximum atomic E-state index is 2.35. The van der Waals surface area contributed by atoms with Crippen LogP contribution in [-0.4, -0.2) is 12.3 Å². The lowest BCUT2D eigenvalue weighted by Crippen LogP contribution is -2.09. The van der Waals surface area contributed by atoms with Crippen LogP contribution in [0, 0.1) is 0 Å². The number of hydrogen-bond donors (Lipinski definition) is 0. The summed E-state index contributed by atoms with van der Waals surface area (Å²) in [5.41, 5.74) is 2.80. The number of benzene rings is 2. The van der Waals surface area contributed by atoms with Crippen molar-refractivity contribution in [1.29, 1.82) is 0 Å². The van der Waals surface area contributed by atoms with Crippen molar-refractivity contribution in [2.75, 3.05) is 12.3 Å². The first-order valence-corrected chi connectivity index (χ1v) is 8.97. The van der Waals surface area contributed by atoms with E-state index in [0.29, 0.717) is 0 Å². The predicted octanol–water partition coefficient (Wildman–Crippen LogP) is 5.28. The van der Waals surface area contributed by atoms with Gasteiger partial charge in [-0.2, -0.15) is 0 Å². The minimum atomic E-state index is -0.000378. The maximum Gasteiger partial charge on any atom is -0.0107 e. The molecule has 2 rings (SSSR count). The third-order valence-electron chi connectivity index (χ3n) is 3.32. The van der Waals surface area contributed by atoms with Crippen LogP contribution >= 0.6 is 7.92 Å². The first-order chi connectivity index (χ1) is 9.36. The lowest BCUT2D eigenvalue weighted by Gasteiger charge is -2.20. The van der Waals surface area contributed by atoms with E-state index in [1.807, 2.05) is 0 Å². The van der Waals surface area contributed by atoms with Crippen molar-refractivity contribution in [2.24, 2.45) is 0 Å². The molecule has 100 valence electrons. The summed E-state index contributed by atoms with van der Waals surface area (Å²) < 4.78 is 0. The minimum Gasteiger partial charge on any atom is -0.0747 e. The maximum absolute atomic E-state index is 2.35. The summed E-state index contributed by atoms with van der Waals surface area (Å²) in [5, 5.41) is 1.59. The predicted molar refractivity (Wildman–Crippen MR) is 88.7 cm³/mol. The van der Waals surface area contributed by atoms with Crippen LogP contribution in [0.2, 0.25) is 0 Å². The minimum absolute atomic E-state index is 0.000378. The highest BCUT2D eigenvalue weighted by atomic mass is 31.1. The average Bonchev–Trinajstić information content (AvgIpc) is 2.48. The van der Waals surface area contributed by atoms with Gasteiger partial charge in [-0.1, -0.05) is 89.2 Å². The van der Waals surface area contributed by atoms with Gasteiger partial charge in [0.1, 0.15) is 0 Å². The van der Waals surface area contributed by atoms with E-state index in [1.165, 1.54) is 36.3 Å². The van der Waals surface area contributed by atoms with E-state index in [0.717, 1.165) is 0 Å². The molecule has 0 atom stereocenters. The van der Waals surface area contributed by atoms with E-state index < -0.39 is 0 Å². The molecular weight excluding hydrogens is 247 g/mol. The third-order valence-corrected chi connectivity index (χ3v) is 6.36. The fraction of sp³-hybridized carbons (Fsp3) is 0.333. The van der Waals surface area contributed by atoms with Gasteiger partial charge in [-0.3, -0.25) is 0 Å². The standard InChI is InChI=1S/C18H23P/c1-3-14-19(15-4-2)18-13-9-8-12-17(18)16-10-6-5-7-11-16/h5-13H,3-4,14-15H2,1-2H3. The van der Waals surface area contributed by atoms with Crippen molar-refractivity contribution < 1.29 is 0 Å². The average molecular weight is 270 g/mol. The Balaban J connectivity index is 2.40. The highest BCUT2D eigenvalue weighted by Gasteiger charge is 2.13. The van der Waals surface area contributed by atoms with Crippen LogP contribution < -0.4 is 5.30 Å². The molecule has 0 bridgehead atoms. The Morgan fingerprint density at radius 2 is 1.32 bits per heavy atom. The molecule has 0 aliphatic carbocycles. The smallest absolute Gasteiger partial charge is 0.0107 e. The van der Waals surface area contributed by atoms with E-state index in [1.54, 1.807) is 5.30 Å². The normalized spacial score (nSPS) is 10.9. The molecule has 0 spiro atoms. The van der Waals surface area contributed by atoms with Gasteiger partial charge in [0.15, 0.2) is 0 Å². The second-order valence-electron chi connectivity index (χ2n) is 4.87. The summed E-state index contributed by atoms with van der Waals surface area (Å²) in [7, 11) is -0.000378. The first kappa shape index (κ1) is 14.3. The van der Waals surface area contributed by atoms with Gasteiger partial charge in [0, 0.05) is 0 Å². The molecule has 0 aliphatic heterocycles. The molecule has 1 heteroatoms. The van der Waals surface area contributed by atoms with Crippen molar-refractivity contribution in [3.05, 3.63) is 54.6 Å². The largest absolute Gasteiger partial charge is 0.0747 e. The van der Waals surface area contributed by atoms with Gasteiger partial charge in [-0.15, -0.1) is 0 Å². The van der Waals surface area contributed by atoms with Gasteiger partial charge in [0.2, 0.25) is 0 Å². The summed E-state index contributed by atoms with van der Waals surface area (Å²) in [5.74, 6) is 0. The monoisotopic (exact) mass is 270 g/mol. The highest BCUT2D eigenvalue weighted by molar-refractivity contribution is 7.65. The molecule has 0 saturated carbocycles. The topological polar surface area (TPSA) is 0 Å². The Hall–Kier alpha value is -1.13. The van der Waals surface area contributed by atoms with Crippen molar-refractivity contribution in [2.45, 2.75) is 26.7 Å². The second kappa shape index (κ2) is 7.46. The fourth-order valence-electron chi connectivity index (χ4n) is 2.50. The molecule has 0 aliphatic rings. The molecule has 0 amide bonds. The highest BCUT2D eigenvalue weighted by Crippen LogP contribution is 2.39. The number of hydrogen-bond acceptors (Lipinski definition) is 0. The summed E-state index contributed by atoms with van der Waals surface area (Å²) >= 11 is 0. The van der Waals surface area contributed by atoms with Gasteiger partial charge in [0.25, 0.3) is 0 Å². The Morgan fingerprint density at radius 3 is 1.95 bits per heavy atom. The molecule has 0 unspecified atom stereocenters. The SMILES string of the molecule is CCCP(CCC)c1ccccc1-c1ccccc1. The van der Waals surface area contributed by atoms with Crippen molar-refractivity contribution >= 4 is 13.2 Å². The lowest BCUT2D eigenvalue weighted by atomic mass is 10.1. The van der Waals surface area contributed by atoms with Crippen molar-refractivity contribution in [3.8, 4) is 11.1 Å². The molecule has 0 radical (unpaired) electrons. The van der Waals surface area contributed by atoms with Gasteiger partial charge < -0.3 is 0 Å². The summed E-state index contributed by atoms with van der Waals surface area (Å²) in [6.07, 6.45) is 5.28. The molecule has 0 saturated heterocycles. The van der Waals surface area contributed by atoms with Crippen molar-refractivity contribution in [1.82, 2.24) is 0 Å². The van der Waals surface area contributed by atoms with Crippen LogP contribution in [0.25, 0.3) is 11.1 Å². The van der Waals surface area contributed by atoms with Crippen LogP contribution in [0.3, 0.4) is 0 Å².